The number of primary amides is 1. The van der Waals surface area contributed by atoms with Crippen LogP contribution in [0.1, 0.15) is 33.6 Å². The number of fused-ring (bicyclic) bond motifs is 3. The van der Waals surface area contributed by atoms with Gasteiger partial charge in [-0.3, -0.25) is 14.9 Å². The SMILES string of the molecule is CN1CCN(C(=O)c2ccc3c(c2)[nH]c2c(C(N)=O)ccc(N4CCC/C(=C/NC(=O)Nc5nccs5)C4)c23)CC1. The molecule has 41 heavy (non-hydrogen) atoms. The number of nitrogens with zero attached hydrogens (tertiary/aromatic N) is 4. The van der Waals surface area contributed by atoms with Gasteiger partial charge < -0.3 is 30.7 Å². The number of carbonyl (C=O) groups is 3. The number of rotatable bonds is 5. The van der Waals surface area contributed by atoms with E-state index in [-0.39, 0.29) is 11.9 Å². The lowest BCUT2D eigenvalue weighted by atomic mass is 10.0. The quantitative estimate of drug-likeness (QED) is 0.288. The number of piperazine rings is 1. The van der Waals surface area contributed by atoms with Gasteiger partial charge in [-0.2, -0.15) is 0 Å². The number of hydrogen-bond acceptors (Lipinski definition) is 7. The van der Waals surface area contributed by atoms with E-state index in [1.807, 2.05) is 29.2 Å². The second kappa shape index (κ2) is 11.2. The Morgan fingerprint density at radius 2 is 1.93 bits per heavy atom. The minimum absolute atomic E-state index is 0.00575. The second-order valence-electron chi connectivity index (χ2n) is 10.5. The maximum Gasteiger partial charge on any atom is 0.325 e. The highest BCUT2D eigenvalue weighted by Crippen LogP contribution is 2.37. The molecule has 0 spiro atoms. The summed E-state index contributed by atoms with van der Waals surface area (Å²) in [5.41, 5.74) is 10.3. The smallest absolute Gasteiger partial charge is 0.325 e. The van der Waals surface area contributed by atoms with E-state index in [2.05, 4.69) is 37.4 Å². The Balaban J connectivity index is 1.30. The van der Waals surface area contributed by atoms with Gasteiger partial charge in [-0.15, -0.1) is 11.3 Å². The van der Waals surface area contributed by atoms with Crippen molar-refractivity contribution in [2.75, 3.05) is 56.5 Å². The van der Waals surface area contributed by atoms with E-state index in [1.54, 1.807) is 23.8 Å². The van der Waals surface area contributed by atoms with Crippen molar-refractivity contribution in [3.63, 3.8) is 0 Å². The molecule has 6 rings (SSSR count). The molecule has 212 valence electrons. The van der Waals surface area contributed by atoms with E-state index in [0.717, 1.165) is 60.0 Å². The molecule has 0 saturated carbocycles. The third-order valence-electron chi connectivity index (χ3n) is 7.76. The fourth-order valence-electron chi connectivity index (χ4n) is 5.60. The van der Waals surface area contributed by atoms with Crippen molar-refractivity contribution in [1.82, 2.24) is 25.1 Å². The number of aromatic nitrogens is 2. The summed E-state index contributed by atoms with van der Waals surface area (Å²) in [6.45, 7) is 4.54. The Hall–Kier alpha value is -4.42. The van der Waals surface area contributed by atoms with Gasteiger partial charge in [0.2, 0.25) is 0 Å². The lowest BCUT2D eigenvalue weighted by Gasteiger charge is -2.32. The van der Waals surface area contributed by atoms with E-state index in [0.29, 0.717) is 41.4 Å². The molecule has 0 radical (unpaired) electrons. The number of carbonyl (C=O) groups excluding carboxylic acids is 3. The van der Waals surface area contributed by atoms with Gasteiger partial charge in [0.25, 0.3) is 11.8 Å². The molecule has 2 saturated heterocycles. The van der Waals surface area contributed by atoms with Crippen LogP contribution in [0.25, 0.3) is 21.8 Å². The molecule has 2 aromatic heterocycles. The van der Waals surface area contributed by atoms with Crippen molar-refractivity contribution >= 4 is 61.8 Å². The molecule has 4 amide bonds. The summed E-state index contributed by atoms with van der Waals surface area (Å²) in [6, 6.07) is 9.04. The van der Waals surface area contributed by atoms with Gasteiger partial charge in [0, 0.05) is 84.6 Å². The number of nitrogens with two attached hydrogens (primary N) is 1. The third kappa shape index (κ3) is 5.48. The van der Waals surface area contributed by atoms with Crippen molar-refractivity contribution in [2.24, 2.45) is 5.73 Å². The first-order chi connectivity index (χ1) is 19.9. The molecule has 4 aromatic rings. The molecule has 4 heterocycles. The van der Waals surface area contributed by atoms with Crippen LogP contribution in [0, 0.1) is 0 Å². The molecule has 12 heteroatoms. The number of piperidine rings is 1. The van der Waals surface area contributed by atoms with Gasteiger partial charge in [-0.25, -0.2) is 9.78 Å². The Labute approximate surface area is 241 Å². The molecule has 2 aliphatic rings. The van der Waals surface area contributed by atoms with Gasteiger partial charge in [0.15, 0.2) is 5.13 Å². The minimum atomic E-state index is -0.517. The number of aromatic amines is 1. The zero-order valence-electron chi connectivity index (χ0n) is 22.8. The Morgan fingerprint density at radius 1 is 1.10 bits per heavy atom. The highest BCUT2D eigenvalue weighted by Gasteiger charge is 2.24. The van der Waals surface area contributed by atoms with Gasteiger partial charge >= 0.3 is 6.03 Å². The van der Waals surface area contributed by atoms with Gasteiger partial charge in [-0.1, -0.05) is 6.07 Å². The standard InChI is InChI=1S/C29H32N8O3S/c1-35-10-12-36(13-11-35)27(39)19-4-5-20-22(15-19)33-25-21(26(30)38)6-7-23(24(20)25)37-9-2-3-18(17-37)16-32-28(40)34-29-31-8-14-41-29/h4-8,14-16,33H,2-3,9-13,17H2,1H3,(H2,30,38)(H2,31,32,34,40)/b18-16-. The summed E-state index contributed by atoms with van der Waals surface area (Å²) in [5.74, 6) is -0.511. The summed E-state index contributed by atoms with van der Waals surface area (Å²) in [5, 5.41) is 9.69. The van der Waals surface area contributed by atoms with Crippen LogP contribution in [-0.2, 0) is 0 Å². The monoisotopic (exact) mass is 572 g/mol. The fraction of sp³-hybridized carbons (Fsp3) is 0.310. The second-order valence-corrected chi connectivity index (χ2v) is 11.4. The van der Waals surface area contributed by atoms with Crippen LogP contribution in [0.3, 0.4) is 0 Å². The van der Waals surface area contributed by atoms with Crippen molar-refractivity contribution in [3.8, 4) is 0 Å². The summed E-state index contributed by atoms with van der Waals surface area (Å²) >= 11 is 1.36. The van der Waals surface area contributed by atoms with Crippen LogP contribution in [0.15, 0.2) is 53.7 Å². The zero-order chi connectivity index (χ0) is 28.5. The average Bonchev–Trinajstić information content (AvgIpc) is 3.63. The predicted molar refractivity (Wildman–Crippen MR) is 162 cm³/mol. The molecular formula is C29H32N8O3S. The van der Waals surface area contributed by atoms with Crippen LogP contribution in [0.5, 0.6) is 0 Å². The van der Waals surface area contributed by atoms with Crippen LogP contribution in [-0.4, -0.2) is 83.9 Å². The first-order valence-electron chi connectivity index (χ1n) is 13.6. The van der Waals surface area contributed by atoms with Crippen molar-refractivity contribution in [3.05, 3.63) is 64.8 Å². The number of urea groups is 1. The highest BCUT2D eigenvalue weighted by atomic mass is 32.1. The van der Waals surface area contributed by atoms with E-state index in [4.69, 9.17) is 5.73 Å². The molecule has 5 N–H and O–H groups in total. The first kappa shape index (κ1) is 26.8. The molecule has 0 aliphatic carbocycles. The molecule has 0 atom stereocenters. The third-order valence-corrected chi connectivity index (χ3v) is 8.44. The number of likely N-dealkylation sites (N-methyl/N-ethyl adjacent to an activating group) is 1. The maximum atomic E-state index is 13.3. The van der Waals surface area contributed by atoms with E-state index < -0.39 is 5.91 Å². The van der Waals surface area contributed by atoms with Crippen LogP contribution >= 0.6 is 11.3 Å². The van der Waals surface area contributed by atoms with E-state index in [9.17, 15) is 14.4 Å². The lowest BCUT2D eigenvalue weighted by Crippen LogP contribution is -2.47. The summed E-state index contributed by atoms with van der Waals surface area (Å²) in [6.07, 6.45) is 5.17. The largest absolute Gasteiger partial charge is 0.367 e. The van der Waals surface area contributed by atoms with Gasteiger partial charge in [0.05, 0.1) is 11.1 Å². The minimum Gasteiger partial charge on any atom is -0.367 e. The fourth-order valence-corrected chi connectivity index (χ4v) is 6.12. The number of amides is 4. The number of anilines is 2. The number of hydrogen-bond donors (Lipinski definition) is 4. The van der Waals surface area contributed by atoms with E-state index >= 15 is 0 Å². The first-order valence-corrected chi connectivity index (χ1v) is 14.5. The van der Waals surface area contributed by atoms with E-state index in [1.165, 1.54) is 11.3 Å². The lowest BCUT2D eigenvalue weighted by molar-refractivity contribution is 0.0664. The van der Waals surface area contributed by atoms with Crippen molar-refractivity contribution < 1.29 is 14.4 Å². The Morgan fingerprint density at radius 3 is 2.68 bits per heavy atom. The molecule has 2 aromatic carbocycles. The van der Waals surface area contributed by atoms with Crippen LogP contribution in [0.4, 0.5) is 15.6 Å². The zero-order valence-corrected chi connectivity index (χ0v) is 23.6. The number of benzene rings is 2. The maximum absolute atomic E-state index is 13.3. The average molecular weight is 573 g/mol. The molecule has 2 fully saturated rings. The number of thiazole rings is 1. The normalized spacial score (nSPS) is 17.3. The van der Waals surface area contributed by atoms with Crippen molar-refractivity contribution in [2.45, 2.75) is 12.8 Å². The molecule has 2 aliphatic heterocycles. The molecule has 0 bridgehead atoms. The molecule has 0 unspecified atom stereocenters. The van der Waals surface area contributed by atoms with Gasteiger partial charge in [-0.05, 0) is 49.7 Å². The van der Waals surface area contributed by atoms with Crippen LogP contribution < -0.4 is 21.3 Å². The topological polar surface area (TPSA) is 140 Å². The number of nitrogens with one attached hydrogen (secondary N) is 3. The summed E-state index contributed by atoms with van der Waals surface area (Å²) in [4.78, 5) is 51.7. The summed E-state index contributed by atoms with van der Waals surface area (Å²) in [7, 11) is 2.06. The Bertz CT molecular complexity index is 1650. The van der Waals surface area contributed by atoms with Gasteiger partial charge in [0.1, 0.15) is 0 Å². The molecular weight excluding hydrogens is 540 g/mol. The number of H-pyrrole nitrogens is 1. The van der Waals surface area contributed by atoms with Crippen LogP contribution in [0.2, 0.25) is 0 Å². The predicted octanol–water partition coefficient (Wildman–Crippen LogP) is 3.57. The Kier molecular flexibility index (Phi) is 7.33. The molecule has 11 nitrogen and oxygen atoms in total. The van der Waals surface area contributed by atoms with Crippen molar-refractivity contribution in [1.29, 1.82) is 0 Å². The highest BCUT2D eigenvalue weighted by molar-refractivity contribution is 7.13. The summed E-state index contributed by atoms with van der Waals surface area (Å²) < 4.78 is 0.